The number of benzene rings is 2. The van der Waals surface area contributed by atoms with Crippen molar-refractivity contribution in [3.05, 3.63) is 89.5 Å². The molecule has 0 spiro atoms. The number of Topliss-reactive ketones (excluding diaryl/α,β-unsaturated/α-hetero) is 1. The number of allylic oxidation sites excluding steroid dienone is 3. The summed E-state index contributed by atoms with van der Waals surface area (Å²) in [4.78, 5) is 47.8. The minimum Gasteiger partial charge on any atom is -0.348 e. The molecule has 0 fully saturated rings. The van der Waals surface area contributed by atoms with Crippen molar-refractivity contribution in [2.45, 2.75) is 46.6 Å². The van der Waals surface area contributed by atoms with Crippen molar-refractivity contribution in [3.8, 4) is 0 Å². The Morgan fingerprint density at radius 2 is 1.55 bits per heavy atom. The van der Waals surface area contributed by atoms with Gasteiger partial charge in [0.15, 0.2) is 11.6 Å². The smallest absolute Gasteiger partial charge is 0.251 e. The molecule has 0 aliphatic carbocycles. The highest BCUT2D eigenvalue weighted by Gasteiger charge is 2.24. The Morgan fingerprint density at radius 1 is 0.879 bits per heavy atom. The zero-order valence-electron chi connectivity index (χ0n) is 19.5. The molecule has 33 heavy (non-hydrogen) atoms. The topological polar surface area (TPSA) is 80.3 Å². The van der Waals surface area contributed by atoms with Gasteiger partial charge in [-0.25, -0.2) is 0 Å². The number of amides is 1. The summed E-state index contributed by atoms with van der Waals surface area (Å²) in [6.45, 7) is 5.62. The van der Waals surface area contributed by atoms with Crippen molar-refractivity contribution in [2.24, 2.45) is 5.41 Å². The quantitative estimate of drug-likeness (QED) is 0.461. The highest BCUT2D eigenvalue weighted by atomic mass is 16.2. The van der Waals surface area contributed by atoms with Crippen LogP contribution in [0.3, 0.4) is 0 Å². The molecule has 2 aromatic carbocycles. The fourth-order valence-corrected chi connectivity index (χ4v) is 3.15. The summed E-state index contributed by atoms with van der Waals surface area (Å²) in [5.74, 6) is -0.501. The predicted molar refractivity (Wildman–Crippen MR) is 131 cm³/mol. The summed E-state index contributed by atoms with van der Waals surface area (Å²) in [5, 5.41) is 2.87. The van der Waals surface area contributed by atoms with Gasteiger partial charge in [-0.3, -0.25) is 14.4 Å². The first-order valence-electron chi connectivity index (χ1n) is 11.0. The highest BCUT2D eigenvalue weighted by Crippen LogP contribution is 2.25. The number of hydrogen-bond acceptors (Lipinski definition) is 4. The number of rotatable bonds is 12. The molecule has 1 N–H and O–H groups in total. The first kappa shape index (κ1) is 25.7. The molecule has 0 saturated heterocycles. The van der Waals surface area contributed by atoms with Crippen LogP contribution >= 0.6 is 0 Å². The van der Waals surface area contributed by atoms with Gasteiger partial charge in [0.05, 0.1) is 0 Å². The molecule has 0 atom stereocenters. The molecule has 0 heterocycles. The zero-order chi connectivity index (χ0) is 24.3. The van der Waals surface area contributed by atoms with Crippen LogP contribution in [-0.2, 0) is 20.9 Å². The number of carbonyl (C=O) groups excluding carboxylic acids is 4. The van der Waals surface area contributed by atoms with Crippen molar-refractivity contribution in [2.75, 3.05) is 0 Å². The molecule has 0 aliphatic rings. The lowest BCUT2D eigenvalue weighted by atomic mass is 9.82. The normalized spacial score (nSPS) is 11.6. The fraction of sp³-hybridized carbons (Fsp3) is 0.286. The molecule has 2 rings (SSSR count). The van der Waals surface area contributed by atoms with E-state index in [2.05, 4.69) is 5.32 Å². The van der Waals surface area contributed by atoms with Gasteiger partial charge in [0.25, 0.3) is 5.91 Å². The second-order valence-electron chi connectivity index (χ2n) is 8.66. The predicted octanol–water partition coefficient (Wildman–Crippen LogP) is 5.11. The lowest BCUT2D eigenvalue weighted by molar-refractivity contribution is -0.123. The van der Waals surface area contributed by atoms with Crippen molar-refractivity contribution < 1.29 is 19.2 Å². The molecule has 172 valence electrons. The molecule has 0 bridgehead atoms. The molecule has 0 aliphatic heterocycles. The molecular formula is C28H31NO4. The monoisotopic (exact) mass is 445 g/mol. The van der Waals surface area contributed by atoms with E-state index in [9.17, 15) is 19.2 Å². The Bertz CT molecular complexity index is 1030. The van der Waals surface area contributed by atoms with Crippen LogP contribution in [0.5, 0.6) is 0 Å². The number of ketones is 3. The van der Waals surface area contributed by atoms with E-state index in [1.165, 1.54) is 25.2 Å². The Morgan fingerprint density at radius 3 is 2.18 bits per heavy atom. The number of nitrogens with one attached hydrogen (secondary N) is 1. The lowest BCUT2D eigenvalue weighted by Gasteiger charge is -2.20. The van der Waals surface area contributed by atoms with Gasteiger partial charge in [-0.05, 0) is 61.3 Å². The summed E-state index contributed by atoms with van der Waals surface area (Å²) in [5.41, 5.74) is 1.71. The second-order valence-corrected chi connectivity index (χ2v) is 8.66. The van der Waals surface area contributed by atoms with Crippen LogP contribution in [-0.4, -0.2) is 23.3 Å². The molecular weight excluding hydrogens is 414 g/mol. The van der Waals surface area contributed by atoms with Gasteiger partial charge < -0.3 is 10.1 Å². The van der Waals surface area contributed by atoms with E-state index in [-0.39, 0.29) is 23.3 Å². The third kappa shape index (κ3) is 9.19. The fourth-order valence-electron chi connectivity index (χ4n) is 3.15. The van der Waals surface area contributed by atoms with Crippen LogP contribution in [0.2, 0.25) is 0 Å². The molecule has 5 heteroatoms. The van der Waals surface area contributed by atoms with E-state index in [0.29, 0.717) is 31.4 Å². The van der Waals surface area contributed by atoms with Gasteiger partial charge >= 0.3 is 0 Å². The molecule has 5 nitrogen and oxygen atoms in total. The standard InChI is InChI=1S/C28H31NO4/c1-21(30)8-7-19-28(2,3)26(32)18-17-25(31)16-13-22-11-14-24(15-12-22)27(33)29-20-23-9-5-4-6-10-23/h4-6,9-18H,7-8,19-20H2,1-3H3,(H,29,33)/b16-13+,18-17+. The van der Waals surface area contributed by atoms with Gasteiger partial charge in [0, 0.05) is 23.9 Å². The molecule has 2 aromatic rings. The third-order valence-electron chi connectivity index (χ3n) is 5.31. The second kappa shape index (κ2) is 12.4. The van der Waals surface area contributed by atoms with Crippen LogP contribution in [0.4, 0.5) is 0 Å². The summed E-state index contributed by atoms with van der Waals surface area (Å²) < 4.78 is 0. The minimum absolute atomic E-state index is 0.106. The highest BCUT2D eigenvalue weighted by molar-refractivity contribution is 6.07. The van der Waals surface area contributed by atoms with Gasteiger partial charge in [-0.2, -0.15) is 0 Å². The average molecular weight is 446 g/mol. The molecule has 1 amide bonds. The number of hydrogen-bond donors (Lipinski definition) is 1. The number of carbonyl (C=O) groups is 4. The van der Waals surface area contributed by atoms with Crippen LogP contribution in [0, 0.1) is 5.41 Å². The first-order chi connectivity index (χ1) is 15.7. The van der Waals surface area contributed by atoms with Crippen molar-refractivity contribution in [3.63, 3.8) is 0 Å². The first-order valence-corrected chi connectivity index (χ1v) is 11.0. The summed E-state index contributed by atoms with van der Waals surface area (Å²) in [6.07, 6.45) is 7.28. The van der Waals surface area contributed by atoms with Crippen LogP contribution < -0.4 is 5.32 Å². The largest absolute Gasteiger partial charge is 0.348 e. The summed E-state index contributed by atoms with van der Waals surface area (Å²) in [7, 11) is 0. The van der Waals surface area contributed by atoms with E-state index >= 15 is 0 Å². The molecule has 0 radical (unpaired) electrons. The maximum atomic E-state index is 12.4. The Labute approximate surface area is 195 Å². The Hall–Kier alpha value is -3.60. The van der Waals surface area contributed by atoms with Gasteiger partial charge in [-0.15, -0.1) is 0 Å². The molecule has 0 saturated carbocycles. The zero-order valence-corrected chi connectivity index (χ0v) is 19.5. The Balaban J connectivity index is 1.85. The van der Waals surface area contributed by atoms with Crippen LogP contribution in [0.1, 0.15) is 61.5 Å². The van der Waals surface area contributed by atoms with Crippen LogP contribution in [0.15, 0.2) is 72.8 Å². The van der Waals surface area contributed by atoms with E-state index in [0.717, 1.165) is 11.1 Å². The van der Waals surface area contributed by atoms with Crippen molar-refractivity contribution in [1.29, 1.82) is 0 Å². The Kier molecular flexibility index (Phi) is 9.67. The molecule has 0 unspecified atom stereocenters. The van der Waals surface area contributed by atoms with Crippen molar-refractivity contribution >= 4 is 29.3 Å². The third-order valence-corrected chi connectivity index (χ3v) is 5.31. The van der Waals surface area contributed by atoms with E-state index in [4.69, 9.17) is 0 Å². The summed E-state index contributed by atoms with van der Waals surface area (Å²) in [6, 6.07) is 16.6. The van der Waals surface area contributed by atoms with Crippen LogP contribution in [0.25, 0.3) is 6.08 Å². The van der Waals surface area contributed by atoms with Gasteiger partial charge in [-0.1, -0.05) is 62.4 Å². The SMILES string of the molecule is CC(=O)CCCC(C)(C)C(=O)/C=C/C(=O)/C=C/c1ccc(C(=O)NCc2ccccc2)cc1. The van der Waals surface area contributed by atoms with E-state index in [1.807, 2.05) is 44.2 Å². The van der Waals surface area contributed by atoms with E-state index < -0.39 is 5.41 Å². The minimum atomic E-state index is -0.618. The maximum absolute atomic E-state index is 12.4. The maximum Gasteiger partial charge on any atom is 0.251 e. The lowest BCUT2D eigenvalue weighted by Crippen LogP contribution is -2.22. The van der Waals surface area contributed by atoms with Crippen molar-refractivity contribution in [1.82, 2.24) is 5.32 Å². The average Bonchev–Trinajstić information content (AvgIpc) is 2.80. The van der Waals surface area contributed by atoms with E-state index in [1.54, 1.807) is 30.3 Å². The van der Waals surface area contributed by atoms with Gasteiger partial charge in [0.2, 0.25) is 0 Å². The molecule has 0 aromatic heterocycles. The summed E-state index contributed by atoms with van der Waals surface area (Å²) >= 11 is 0. The van der Waals surface area contributed by atoms with Gasteiger partial charge in [0.1, 0.15) is 5.78 Å².